The highest BCUT2D eigenvalue weighted by Crippen LogP contribution is 2.10. The van der Waals surface area contributed by atoms with E-state index in [4.69, 9.17) is 6.42 Å². The largest absolute Gasteiger partial charge is 0.376 e. The van der Waals surface area contributed by atoms with Crippen LogP contribution in [-0.2, 0) is 0 Å². The Kier molecular flexibility index (Phi) is 5.86. The summed E-state index contributed by atoms with van der Waals surface area (Å²) in [6.07, 6.45) is 8.08. The zero-order valence-electron chi connectivity index (χ0n) is 9.32. The molecule has 0 aromatic heterocycles. The summed E-state index contributed by atoms with van der Waals surface area (Å²) in [5, 5.41) is 9.72. The van der Waals surface area contributed by atoms with Crippen LogP contribution in [0.4, 0.5) is 0 Å². The van der Waals surface area contributed by atoms with Gasteiger partial charge < -0.3 is 5.11 Å². The fourth-order valence-electron chi connectivity index (χ4n) is 1.33. The van der Waals surface area contributed by atoms with E-state index in [2.05, 4.69) is 17.8 Å². The van der Waals surface area contributed by atoms with Crippen LogP contribution in [0.1, 0.15) is 37.4 Å². The summed E-state index contributed by atoms with van der Waals surface area (Å²) in [6, 6.07) is 9.46. The number of hydrogen-bond donors (Lipinski definition) is 1. The molecule has 1 heteroatoms. The van der Waals surface area contributed by atoms with Crippen molar-refractivity contribution in [2.24, 2.45) is 0 Å². The Morgan fingerprint density at radius 2 is 1.81 bits per heavy atom. The maximum Gasteiger partial charge on any atom is 0.140 e. The predicted molar refractivity (Wildman–Crippen MR) is 66.5 cm³/mol. The van der Waals surface area contributed by atoms with Gasteiger partial charge in [0.2, 0.25) is 0 Å². The maximum absolute atomic E-state index is 9.72. The summed E-state index contributed by atoms with van der Waals surface area (Å²) in [6.45, 7) is 0. The van der Waals surface area contributed by atoms with E-state index in [1.807, 2.05) is 30.3 Å². The molecule has 82 valence electrons. The molecule has 1 nitrogen and oxygen atoms in total. The van der Waals surface area contributed by atoms with Gasteiger partial charge in [0.15, 0.2) is 0 Å². The first-order valence-corrected chi connectivity index (χ1v) is 5.49. The minimum Gasteiger partial charge on any atom is -0.376 e. The van der Waals surface area contributed by atoms with Crippen LogP contribution in [0.3, 0.4) is 0 Å². The lowest BCUT2D eigenvalue weighted by molar-refractivity contribution is 0.238. The molecule has 0 aliphatic heterocycles. The highest BCUT2D eigenvalue weighted by atomic mass is 16.3. The van der Waals surface area contributed by atoms with Gasteiger partial charge >= 0.3 is 0 Å². The van der Waals surface area contributed by atoms with Crippen LogP contribution < -0.4 is 0 Å². The molecule has 16 heavy (non-hydrogen) atoms. The van der Waals surface area contributed by atoms with Crippen molar-refractivity contribution in [2.75, 3.05) is 0 Å². The van der Waals surface area contributed by atoms with Crippen LogP contribution in [0.2, 0.25) is 0 Å². The van der Waals surface area contributed by atoms with Crippen LogP contribution >= 0.6 is 0 Å². The summed E-state index contributed by atoms with van der Waals surface area (Å²) >= 11 is 0. The summed E-state index contributed by atoms with van der Waals surface area (Å²) in [5.41, 5.74) is 0.846. The molecule has 0 bridgehead atoms. The van der Waals surface area contributed by atoms with Gasteiger partial charge in [-0.2, -0.15) is 0 Å². The Morgan fingerprint density at radius 1 is 1.12 bits per heavy atom. The first-order chi connectivity index (χ1) is 7.84. The number of aliphatic hydroxyl groups is 1. The molecule has 1 N–H and O–H groups in total. The fraction of sp³-hybridized carbons (Fsp3) is 0.333. The lowest BCUT2D eigenvalue weighted by Crippen LogP contribution is -1.92. The first kappa shape index (κ1) is 12.4. The van der Waals surface area contributed by atoms with Gasteiger partial charge in [-0.25, -0.2) is 0 Å². The second kappa shape index (κ2) is 7.57. The van der Waals surface area contributed by atoms with Gasteiger partial charge in [0.05, 0.1) is 0 Å². The minimum atomic E-state index is -0.672. The quantitative estimate of drug-likeness (QED) is 0.601. The Bertz CT molecular complexity index is 389. The van der Waals surface area contributed by atoms with Crippen molar-refractivity contribution in [2.45, 2.75) is 31.8 Å². The number of aliphatic hydroxyl groups excluding tert-OH is 1. The van der Waals surface area contributed by atoms with E-state index in [1.165, 1.54) is 0 Å². The highest BCUT2D eigenvalue weighted by Gasteiger charge is 2.00. The van der Waals surface area contributed by atoms with Crippen LogP contribution in [0, 0.1) is 24.2 Å². The number of rotatable bonds is 4. The lowest BCUT2D eigenvalue weighted by Gasteiger charge is -2.01. The summed E-state index contributed by atoms with van der Waals surface area (Å²) in [7, 11) is 0. The average Bonchev–Trinajstić information content (AvgIpc) is 2.34. The summed E-state index contributed by atoms with van der Waals surface area (Å²) in [5.74, 6) is 8.40. The number of hydrogen-bond acceptors (Lipinski definition) is 1. The van der Waals surface area contributed by atoms with Crippen LogP contribution in [0.5, 0.6) is 0 Å². The molecule has 0 fully saturated rings. The normalized spacial score (nSPS) is 11.0. The molecule has 0 saturated heterocycles. The number of benzene rings is 1. The Morgan fingerprint density at radius 3 is 2.50 bits per heavy atom. The van der Waals surface area contributed by atoms with Gasteiger partial charge in [-0.15, -0.1) is 18.3 Å². The van der Waals surface area contributed by atoms with Crippen molar-refractivity contribution in [3.63, 3.8) is 0 Å². The molecule has 1 rings (SSSR count). The molecule has 0 aliphatic rings. The smallest absolute Gasteiger partial charge is 0.140 e. The standard InChI is InChI=1S/C15H16O/c1-2-3-4-5-6-10-13-15(16)14-11-8-7-9-12-14/h1,7-9,11-12,15-16H,3-6H2. The molecule has 1 aromatic rings. The van der Waals surface area contributed by atoms with Crippen molar-refractivity contribution in [1.29, 1.82) is 0 Å². The van der Waals surface area contributed by atoms with Crippen molar-refractivity contribution in [3.8, 4) is 24.2 Å². The van der Waals surface area contributed by atoms with Gasteiger partial charge in [-0.05, 0) is 18.4 Å². The minimum absolute atomic E-state index is 0.672. The third kappa shape index (κ3) is 4.69. The SMILES string of the molecule is C#CCCCCC#CC(O)c1ccccc1. The van der Waals surface area contributed by atoms with Gasteiger partial charge in [0.25, 0.3) is 0 Å². The number of terminal acetylenes is 1. The molecule has 1 aromatic carbocycles. The third-order valence-corrected chi connectivity index (χ3v) is 2.23. The molecule has 1 atom stereocenters. The van der Waals surface area contributed by atoms with Crippen LogP contribution in [0.15, 0.2) is 30.3 Å². The molecule has 0 radical (unpaired) electrons. The summed E-state index contributed by atoms with van der Waals surface area (Å²) in [4.78, 5) is 0. The molecule has 0 spiro atoms. The van der Waals surface area contributed by atoms with E-state index < -0.39 is 6.10 Å². The van der Waals surface area contributed by atoms with E-state index in [0.717, 1.165) is 31.2 Å². The highest BCUT2D eigenvalue weighted by molar-refractivity contribution is 5.24. The Balaban J connectivity index is 2.32. The molecule has 0 aliphatic carbocycles. The molecule has 0 amide bonds. The predicted octanol–water partition coefficient (Wildman–Crippen LogP) is 2.92. The Hall–Kier alpha value is -1.70. The zero-order chi connectivity index (χ0) is 11.6. The molecule has 0 heterocycles. The van der Waals surface area contributed by atoms with Crippen molar-refractivity contribution in [3.05, 3.63) is 35.9 Å². The second-order valence-electron chi connectivity index (χ2n) is 3.55. The second-order valence-corrected chi connectivity index (χ2v) is 3.55. The van der Waals surface area contributed by atoms with Crippen LogP contribution in [-0.4, -0.2) is 5.11 Å². The van der Waals surface area contributed by atoms with E-state index in [-0.39, 0.29) is 0 Å². The average molecular weight is 212 g/mol. The topological polar surface area (TPSA) is 20.2 Å². The van der Waals surface area contributed by atoms with Gasteiger partial charge in [-0.1, -0.05) is 36.3 Å². The first-order valence-electron chi connectivity index (χ1n) is 5.49. The molecule has 1 unspecified atom stereocenters. The van der Waals surface area contributed by atoms with Crippen molar-refractivity contribution < 1.29 is 5.11 Å². The van der Waals surface area contributed by atoms with Gasteiger partial charge in [0.1, 0.15) is 6.10 Å². The van der Waals surface area contributed by atoms with Gasteiger partial charge in [0, 0.05) is 12.8 Å². The third-order valence-electron chi connectivity index (χ3n) is 2.23. The number of unbranched alkanes of at least 4 members (excludes halogenated alkanes) is 3. The fourth-order valence-corrected chi connectivity index (χ4v) is 1.33. The lowest BCUT2D eigenvalue weighted by atomic mass is 10.1. The van der Waals surface area contributed by atoms with E-state index >= 15 is 0 Å². The van der Waals surface area contributed by atoms with E-state index in [0.29, 0.717) is 0 Å². The molecule has 0 saturated carbocycles. The van der Waals surface area contributed by atoms with Crippen molar-refractivity contribution in [1.82, 2.24) is 0 Å². The van der Waals surface area contributed by atoms with Crippen LogP contribution in [0.25, 0.3) is 0 Å². The van der Waals surface area contributed by atoms with E-state index in [9.17, 15) is 5.11 Å². The maximum atomic E-state index is 9.72. The monoisotopic (exact) mass is 212 g/mol. The summed E-state index contributed by atoms with van der Waals surface area (Å²) < 4.78 is 0. The Labute approximate surface area is 97.5 Å². The zero-order valence-corrected chi connectivity index (χ0v) is 9.32. The molecular formula is C15H16O. The van der Waals surface area contributed by atoms with Gasteiger partial charge in [-0.3, -0.25) is 0 Å². The molecular weight excluding hydrogens is 196 g/mol. The van der Waals surface area contributed by atoms with E-state index in [1.54, 1.807) is 0 Å². The van der Waals surface area contributed by atoms with Crippen molar-refractivity contribution >= 4 is 0 Å².